The van der Waals surface area contributed by atoms with E-state index in [1.807, 2.05) is 43.3 Å². The van der Waals surface area contributed by atoms with Crippen LogP contribution >= 0.6 is 22.9 Å². The number of nitrogens with one attached hydrogen (secondary N) is 1. The van der Waals surface area contributed by atoms with E-state index in [4.69, 9.17) is 11.6 Å². The molecule has 2 amide bonds. The maximum atomic E-state index is 13.0. The van der Waals surface area contributed by atoms with Gasteiger partial charge in [-0.15, -0.1) is 11.3 Å². The average molecular weight is 383 g/mol. The Labute approximate surface area is 160 Å². The summed E-state index contributed by atoms with van der Waals surface area (Å²) in [5.41, 5.74) is 3.96. The molecule has 0 saturated heterocycles. The highest BCUT2D eigenvalue weighted by Gasteiger charge is 2.31. The number of fused-ring (bicyclic) bond motifs is 1. The number of nitrogens with zero attached hydrogens (tertiary/aromatic N) is 1. The van der Waals surface area contributed by atoms with Crippen LogP contribution in [-0.4, -0.2) is 11.8 Å². The topological polar surface area (TPSA) is 49.4 Å². The molecule has 4 rings (SSSR count). The van der Waals surface area contributed by atoms with Crippen LogP contribution < -0.4 is 10.2 Å². The first-order valence-electron chi connectivity index (χ1n) is 8.10. The number of halogens is 1. The van der Waals surface area contributed by atoms with Gasteiger partial charge >= 0.3 is 0 Å². The van der Waals surface area contributed by atoms with Gasteiger partial charge in [-0.2, -0.15) is 0 Å². The fourth-order valence-corrected chi connectivity index (χ4v) is 3.96. The third-order valence-electron chi connectivity index (χ3n) is 4.33. The number of amides is 2. The van der Waals surface area contributed by atoms with Crippen molar-refractivity contribution in [2.24, 2.45) is 0 Å². The molecule has 2 aromatic carbocycles. The van der Waals surface area contributed by atoms with Crippen molar-refractivity contribution in [3.8, 4) is 0 Å². The summed E-state index contributed by atoms with van der Waals surface area (Å²) >= 11 is 7.11. The Balaban J connectivity index is 1.64. The van der Waals surface area contributed by atoms with Crippen molar-refractivity contribution in [1.82, 2.24) is 0 Å². The molecule has 1 aromatic heterocycles. The van der Waals surface area contributed by atoms with E-state index in [9.17, 15) is 9.59 Å². The quantitative estimate of drug-likeness (QED) is 0.683. The number of hydrogen-bond donors (Lipinski definition) is 1. The van der Waals surface area contributed by atoms with Gasteiger partial charge in [0.25, 0.3) is 11.8 Å². The highest BCUT2D eigenvalue weighted by Crippen LogP contribution is 2.33. The lowest BCUT2D eigenvalue weighted by Crippen LogP contribution is -2.23. The SMILES string of the molecule is Cc1ccc(N2Cc3cccc(NC(=O)c4ccc(Cl)s4)c3C2=O)cc1. The van der Waals surface area contributed by atoms with Gasteiger partial charge in [-0.05, 0) is 42.8 Å². The number of thiophene rings is 1. The van der Waals surface area contributed by atoms with E-state index < -0.39 is 0 Å². The molecule has 0 saturated carbocycles. The summed E-state index contributed by atoms with van der Waals surface area (Å²) in [5, 5.41) is 2.85. The first kappa shape index (κ1) is 16.8. The first-order chi connectivity index (χ1) is 12.5. The molecular weight excluding hydrogens is 368 g/mol. The lowest BCUT2D eigenvalue weighted by molar-refractivity contribution is 0.0997. The predicted octanol–water partition coefficient (Wildman–Crippen LogP) is 5.12. The minimum Gasteiger partial charge on any atom is -0.321 e. The van der Waals surface area contributed by atoms with Gasteiger partial charge in [0, 0.05) is 5.69 Å². The molecule has 3 aromatic rings. The molecular formula is C20H15ClN2O2S. The van der Waals surface area contributed by atoms with Gasteiger partial charge < -0.3 is 10.2 Å². The Hall–Kier alpha value is -2.63. The highest BCUT2D eigenvalue weighted by atomic mass is 35.5. The van der Waals surface area contributed by atoms with Gasteiger partial charge in [-0.3, -0.25) is 9.59 Å². The van der Waals surface area contributed by atoms with Gasteiger partial charge in [0.2, 0.25) is 0 Å². The smallest absolute Gasteiger partial charge is 0.265 e. The molecule has 1 aliphatic rings. The second-order valence-electron chi connectivity index (χ2n) is 6.12. The lowest BCUT2D eigenvalue weighted by Gasteiger charge is -2.16. The van der Waals surface area contributed by atoms with Gasteiger partial charge in [0.15, 0.2) is 0 Å². The van der Waals surface area contributed by atoms with E-state index in [1.54, 1.807) is 23.1 Å². The summed E-state index contributed by atoms with van der Waals surface area (Å²) in [5.74, 6) is -0.374. The number of anilines is 2. The van der Waals surface area contributed by atoms with Gasteiger partial charge in [-0.25, -0.2) is 0 Å². The molecule has 4 nitrogen and oxygen atoms in total. The van der Waals surface area contributed by atoms with Crippen molar-refractivity contribution in [3.63, 3.8) is 0 Å². The zero-order chi connectivity index (χ0) is 18.3. The molecule has 6 heteroatoms. The number of hydrogen-bond acceptors (Lipinski definition) is 3. The van der Waals surface area contributed by atoms with Gasteiger partial charge in [-0.1, -0.05) is 41.4 Å². The van der Waals surface area contributed by atoms with E-state index in [-0.39, 0.29) is 11.8 Å². The molecule has 0 bridgehead atoms. The van der Waals surface area contributed by atoms with Crippen LogP contribution in [0.2, 0.25) is 4.34 Å². The Morgan fingerprint density at radius 2 is 1.88 bits per heavy atom. The van der Waals surface area contributed by atoms with Crippen molar-refractivity contribution in [2.75, 3.05) is 10.2 Å². The normalized spacial score (nSPS) is 13.0. The van der Waals surface area contributed by atoms with Crippen molar-refractivity contribution in [3.05, 3.63) is 80.5 Å². The Morgan fingerprint density at radius 1 is 1.12 bits per heavy atom. The number of rotatable bonds is 3. The van der Waals surface area contributed by atoms with Crippen LogP contribution in [0.3, 0.4) is 0 Å². The highest BCUT2D eigenvalue weighted by molar-refractivity contribution is 7.18. The summed E-state index contributed by atoms with van der Waals surface area (Å²) in [6.45, 7) is 2.50. The standard InChI is InChI=1S/C20H15ClN2O2S/c1-12-5-7-14(8-6-12)23-11-13-3-2-4-15(18(13)20(23)25)22-19(24)16-9-10-17(21)26-16/h2-10H,11H2,1H3,(H,22,24). The summed E-state index contributed by atoms with van der Waals surface area (Å²) in [6, 6.07) is 16.7. The molecule has 0 atom stereocenters. The predicted molar refractivity (Wildman–Crippen MR) is 105 cm³/mol. The molecule has 1 N–H and O–H groups in total. The van der Waals surface area contributed by atoms with E-state index in [2.05, 4.69) is 5.32 Å². The zero-order valence-electron chi connectivity index (χ0n) is 14.0. The molecule has 130 valence electrons. The van der Waals surface area contributed by atoms with Crippen molar-refractivity contribution >= 4 is 46.1 Å². The minimum absolute atomic E-state index is 0.107. The molecule has 0 fully saturated rings. The summed E-state index contributed by atoms with van der Waals surface area (Å²) in [4.78, 5) is 27.7. The summed E-state index contributed by atoms with van der Waals surface area (Å²) in [6.07, 6.45) is 0. The van der Waals surface area contributed by atoms with Crippen LogP contribution in [0.1, 0.15) is 31.2 Å². The maximum Gasteiger partial charge on any atom is 0.265 e. The number of aryl methyl sites for hydroxylation is 1. The van der Waals surface area contributed by atoms with Crippen LogP contribution in [0, 0.1) is 6.92 Å². The van der Waals surface area contributed by atoms with Crippen LogP contribution in [0.15, 0.2) is 54.6 Å². The van der Waals surface area contributed by atoms with Crippen molar-refractivity contribution in [2.45, 2.75) is 13.5 Å². The summed E-state index contributed by atoms with van der Waals surface area (Å²) < 4.78 is 0.551. The number of carbonyl (C=O) groups excluding carboxylic acids is 2. The number of benzene rings is 2. The zero-order valence-corrected chi connectivity index (χ0v) is 15.5. The van der Waals surface area contributed by atoms with E-state index in [0.717, 1.165) is 16.8 Å². The molecule has 2 heterocycles. The fourth-order valence-electron chi connectivity index (χ4n) is 3.02. The monoisotopic (exact) mass is 382 g/mol. The maximum absolute atomic E-state index is 13.0. The van der Waals surface area contributed by atoms with Crippen LogP contribution in [0.4, 0.5) is 11.4 Å². The fraction of sp³-hybridized carbons (Fsp3) is 0.100. The van der Waals surface area contributed by atoms with Crippen LogP contribution in [0.25, 0.3) is 0 Å². The minimum atomic E-state index is -0.267. The third kappa shape index (κ3) is 3.00. The lowest BCUT2D eigenvalue weighted by atomic mass is 10.1. The third-order valence-corrected chi connectivity index (χ3v) is 5.56. The van der Waals surface area contributed by atoms with Gasteiger partial charge in [0.05, 0.1) is 27.0 Å². The molecule has 0 spiro atoms. The van der Waals surface area contributed by atoms with Crippen LogP contribution in [-0.2, 0) is 6.54 Å². The van der Waals surface area contributed by atoms with Gasteiger partial charge in [0.1, 0.15) is 0 Å². The second kappa shape index (κ2) is 6.59. The van der Waals surface area contributed by atoms with E-state index >= 15 is 0 Å². The van der Waals surface area contributed by atoms with Crippen molar-refractivity contribution < 1.29 is 9.59 Å². The molecule has 1 aliphatic heterocycles. The summed E-state index contributed by atoms with van der Waals surface area (Å²) in [7, 11) is 0. The molecule has 0 aliphatic carbocycles. The van der Waals surface area contributed by atoms with Crippen molar-refractivity contribution in [1.29, 1.82) is 0 Å². The van der Waals surface area contributed by atoms with Crippen LogP contribution in [0.5, 0.6) is 0 Å². The first-order valence-corrected chi connectivity index (χ1v) is 9.29. The average Bonchev–Trinajstić information content (AvgIpc) is 3.20. The van der Waals surface area contributed by atoms with E-state index in [0.29, 0.717) is 27.0 Å². The molecule has 0 radical (unpaired) electrons. The molecule has 26 heavy (non-hydrogen) atoms. The van der Waals surface area contributed by atoms with E-state index in [1.165, 1.54) is 11.3 Å². The second-order valence-corrected chi connectivity index (χ2v) is 7.84. The Bertz CT molecular complexity index is 1010. The largest absolute Gasteiger partial charge is 0.321 e. The Kier molecular flexibility index (Phi) is 4.26. The Morgan fingerprint density at radius 3 is 2.58 bits per heavy atom. The molecule has 0 unspecified atom stereocenters. The number of carbonyl (C=O) groups is 2.